The lowest BCUT2D eigenvalue weighted by molar-refractivity contribution is -0.146. The third kappa shape index (κ3) is 5.74. The molecule has 5 nitrogen and oxygen atoms in total. The first-order valence-electron chi connectivity index (χ1n) is 5.21. The molecule has 102 valence electrons. The number of aliphatic carboxylic acids is 1. The monoisotopic (exact) mass is 303 g/mol. The lowest BCUT2D eigenvalue weighted by Gasteiger charge is -2.05. The molecule has 0 aliphatic heterocycles. The van der Waals surface area contributed by atoms with Gasteiger partial charge in [0.05, 0.1) is 6.54 Å². The molecule has 0 radical (unpaired) electrons. The van der Waals surface area contributed by atoms with Crippen molar-refractivity contribution in [1.82, 2.24) is 5.32 Å². The molecule has 3 N–H and O–H groups in total. The number of carbonyl (C=O) groups is 2. The molecule has 1 amide bonds. The summed E-state index contributed by atoms with van der Waals surface area (Å²) in [6, 6.07) is 4.79. The van der Waals surface area contributed by atoms with Crippen LogP contribution < -0.4 is 5.32 Å². The lowest BCUT2D eigenvalue weighted by atomic mass is 10.2. The molecule has 0 aromatic heterocycles. The summed E-state index contributed by atoms with van der Waals surface area (Å²) in [6.07, 6.45) is 1.04. The predicted molar refractivity (Wildman–Crippen MR) is 72.1 cm³/mol. The van der Waals surface area contributed by atoms with Crippen LogP contribution in [0.15, 0.2) is 24.3 Å². The van der Waals surface area contributed by atoms with Crippen LogP contribution in [0.25, 0.3) is 6.08 Å². The van der Waals surface area contributed by atoms with Crippen LogP contribution in [0.3, 0.4) is 0 Å². The Morgan fingerprint density at radius 2 is 1.84 bits per heavy atom. The summed E-state index contributed by atoms with van der Waals surface area (Å²) in [5.41, 5.74) is 0.631. The number of amides is 1. The van der Waals surface area contributed by atoms with Crippen LogP contribution in [0.5, 0.6) is 0 Å². The molecule has 1 aromatic rings. The molecule has 7 heteroatoms. The standard InChI is InChI=1S/C12H11Cl2NO4/c13-8-3-7(4-9(14)5-8)1-2-11(17)15-6-10(16)12(18)19/h1-5,10,16H,6H2,(H,15,17)(H,18,19)/b2-1+/t10-/m0/s1. The van der Waals surface area contributed by atoms with E-state index >= 15 is 0 Å². The van der Waals surface area contributed by atoms with Crippen LogP contribution in [0.1, 0.15) is 5.56 Å². The fourth-order valence-electron chi connectivity index (χ4n) is 1.19. The second kappa shape index (κ2) is 7.13. The highest BCUT2D eigenvalue weighted by Gasteiger charge is 2.12. The van der Waals surface area contributed by atoms with Gasteiger partial charge < -0.3 is 15.5 Å². The molecular weight excluding hydrogens is 293 g/mol. The van der Waals surface area contributed by atoms with Crippen LogP contribution >= 0.6 is 23.2 Å². The van der Waals surface area contributed by atoms with E-state index in [-0.39, 0.29) is 6.54 Å². The van der Waals surface area contributed by atoms with Crippen molar-refractivity contribution in [2.24, 2.45) is 0 Å². The molecule has 0 saturated carbocycles. The number of hydrogen-bond donors (Lipinski definition) is 3. The maximum absolute atomic E-state index is 11.3. The molecule has 0 heterocycles. The van der Waals surface area contributed by atoms with Crippen LogP contribution in [-0.4, -0.2) is 34.7 Å². The first kappa shape index (κ1) is 15.5. The zero-order valence-corrected chi connectivity index (χ0v) is 11.1. The van der Waals surface area contributed by atoms with E-state index in [1.165, 1.54) is 12.2 Å². The molecule has 0 bridgehead atoms. The molecule has 1 aromatic carbocycles. The fourth-order valence-corrected chi connectivity index (χ4v) is 1.73. The molecule has 0 unspecified atom stereocenters. The van der Waals surface area contributed by atoms with Crippen LogP contribution in [0.2, 0.25) is 10.0 Å². The second-order valence-corrected chi connectivity index (χ2v) is 4.51. The zero-order chi connectivity index (χ0) is 14.4. The van der Waals surface area contributed by atoms with Gasteiger partial charge >= 0.3 is 5.97 Å². The van der Waals surface area contributed by atoms with Crippen molar-refractivity contribution in [2.75, 3.05) is 6.54 Å². The number of aliphatic hydroxyl groups excluding tert-OH is 1. The van der Waals surface area contributed by atoms with Gasteiger partial charge in [0.2, 0.25) is 5.91 Å². The molecule has 1 atom stereocenters. The Bertz CT molecular complexity index is 496. The summed E-state index contributed by atoms with van der Waals surface area (Å²) in [7, 11) is 0. The number of hydrogen-bond acceptors (Lipinski definition) is 3. The topological polar surface area (TPSA) is 86.6 Å². The molecule has 1 rings (SSSR count). The van der Waals surface area contributed by atoms with E-state index in [9.17, 15) is 9.59 Å². The van der Waals surface area contributed by atoms with Crippen molar-refractivity contribution in [3.63, 3.8) is 0 Å². The van der Waals surface area contributed by atoms with Crippen molar-refractivity contribution >= 4 is 41.2 Å². The first-order chi connectivity index (χ1) is 8.88. The maximum atomic E-state index is 11.3. The van der Waals surface area contributed by atoms with E-state index in [0.717, 1.165) is 0 Å². The minimum atomic E-state index is -1.63. The summed E-state index contributed by atoms with van der Waals surface area (Å²) in [6.45, 7) is -0.366. The Labute approximate surface area is 119 Å². The van der Waals surface area contributed by atoms with Gasteiger partial charge in [-0.2, -0.15) is 0 Å². The third-order valence-corrected chi connectivity index (χ3v) is 2.50. The lowest BCUT2D eigenvalue weighted by Crippen LogP contribution is -2.35. The highest BCUT2D eigenvalue weighted by Crippen LogP contribution is 2.19. The van der Waals surface area contributed by atoms with Crippen LogP contribution in [-0.2, 0) is 9.59 Å². The average Bonchev–Trinajstić information content (AvgIpc) is 2.32. The maximum Gasteiger partial charge on any atom is 0.334 e. The van der Waals surface area contributed by atoms with E-state index in [0.29, 0.717) is 15.6 Å². The van der Waals surface area contributed by atoms with Gasteiger partial charge in [-0.3, -0.25) is 4.79 Å². The van der Waals surface area contributed by atoms with E-state index < -0.39 is 18.0 Å². The van der Waals surface area contributed by atoms with Gasteiger partial charge in [-0.05, 0) is 29.8 Å². The third-order valence-electron chi connectivity index (χ3n) is 2.07. The van der Waals surface area contributed by atoms with Crippen molar-refractivity contribution in [3.8, 4) is 0 Å². The molecule has 0 spiro atoms. The van der Waals surface area contributed by atoms with E-state index in [4.69, 9.17) is 33.4 Å². The normalized spacial score (nSPS) is 12.4. The quantitative estimate of drug-likeness (QED) is 0.721. The minimum absolute atomic E-state index is 0.366. The van der Waals surface area contributed by atoms with Crippen molar-refractivity contribution < 1.29 is 19.8 Å². The second-order valence-electron chi connectivity index (χ2n) is 3.64. The van der Waals surface area contributed by atoms with Crippen LogP contribution in [0.4, 0.5) is 0 Å². The summed E-state index contributed by atoms with van der Waals surface area (Å²) in [4.78, 5) is 21.7. The Morgan fingerprint density at radius 1 is 1.26 bits per heavy atom. The van der Waals surface area contributed by atoms with E-state index in [1.54, 1.807) is 18.2 Å². The van der Waals surface area contributed by atoms with Gasteiger partial charge in [-0.25, -0.2) is 4.79 Å². The molecule has 0 saturated heterocycles. The summed E-state index contributed by atoms with van der Waals surface area (Å²) >= 11 is 11.6. The van der Waals surface area contributed by atoms with Gasteiger partial charge in [0.1, 0.15) is 0 Å². The SMILES string of the molecule is O=C(/C=C/c1cc(Cl)cc(Cl)c1)NC[C@H](O)C(=O)O. The molecule has 0 aliphatic rings. The predicted octanol–water partition coefficient (Wildman–Crippen LogP) is 1.57. The van der Waals surface area contributed by atoms with E-state index in [2.05, 4.69) is 5.32 Å². The Morgan fingerprint density at radius 3 is 2.37 bits per heavy atom. The largest absolute Gasteiger partial charge is 0.479 e. The number of carboxylic acids is 1. The highest BCUT2D eigenvalue weighted by molar-refractivity contribution is 6.34. The molecule has 0 aliphatic carbocycles. The smallest absolute Gasteiger partial charge is 0.334 e. The van der Waals surface area contributed by atoms with E-state index in [1.807, 2.05) is 0 Å². The molecule has 0 fully saturated rings. The number of nitrogens with one attached hydrogen (secondary N) is 1. The Hall–Kier alpha value is -1.56. The molecule has 19 heavy (non-hydrogen) atoms. The summed E-state index contributed by atoms with van der Waals surface area (Å²) in [5.74, 6) is -1.93. The van der Waals surface area contributed by atoms with Crippen molar-refractivity contribution in [1.29, 1.82) is 0 Å². The average molecular weight is 304 g/mol. The van der Waals surface area contributed by atoms with Crippen molar-refractivity contribution in [3.05, 3.63) is 39.9 Å². The first-order valence-corrected chi connectivity index (χ1v) is 5.97. The van der Waals surface area contributed by atoms with Gasteiger partial charge in [-0.1, -0.05) is 23.2 Å². The summed E-state index contributed by atoms with van der Waals surface area (Å²) in [5, 5.41) is 20.5. The number of aliphatic hydroxyl groups is 1. The highest BCUT2D eigenvalue weighted by atomic mass is 35.5. The van der Waals surface area contributed by atoms with Gasteiger partial charge in [0, 0.05) is 16.1 Å². The summed E-state index contributed by atoms with van der Waals surface area (Å²) < 4.78 is 0. The Kier molecular flexibility index (Phi) is 5.82. The number of rotatable bonds is 5. The fraction of sp³-hybridized carbons (Fsp3) is 0.167. The van der Waals surface area contributed by atoms with Crippen LogP contribution in [0, 0.1) is 0 Å². The Balaban J connectivity index is 2.56. The number of carboxylic acid groups (broad SMARTS) is 1. The molecular formula is C12H11Cl2NO4. The van der Waals surface area contributed by atoms with Crippen molar-refractivity contribution in [2.45, 2.75) is 6.10 Å². The van der Waals surface area contributed by atoms with Gasteiger partial charge in [0.25, 0.3) is 0 Å². The van der Waals surface area contributed by atoms with Gasteiger partial charge in [0.15, 0.2) is 6.10 Å². The zero-order valence-electron chi connectivity index (χ0n) is 9.64. The minimum Gasteiger partial charge on any atom is -0.479 e. The number of carbonyl (C=O) groups excluding carboxylic acids is 1. The van der Waals surface area contributed by atoms with Gasteiger partial charge in [-0.15, -0.1) is 0 Å². The number of halogens is 2. The number of benzene rings is 1.